The number of benzene rings is 2. The van der Waals surface area contributed by atoms with Crippen molar-refractivity contribution in [1.29, 1.82) is 0 Å². The lowest BCUT2D eigenvalue weighted by atomic mass is 9.49. The first-order valence-corrected chi connectivity index (χ1v) is 22.0. The largest absolute Gasteiger partial charge is 0.509 e. The molecular weight excluding hydrogens is 851 g/mol. The molecule has 2 saturated carbocycles. The van der Waals surface area contributed by atoms with Gasteiger partial charge in [-0.15, -0.1) is 0 Å². The second-order valence-corrected chi connectivity index (χ2v) is 18.6. The molecule has 4 aliphatic rings. The highest BCUT2D eigenvalue weighted by atomic mass is 16.8. The van der Waals surface area contributed by atoms with Gasteiger partial charge >= 0.3 is 24.2 Å². The Morgan fingerprint density at radius 2 is 1.62 bits per heavy atom. The van der Waals surface area contributed by atoms with Crippen LogP contribution >= 0.6 is 0 Å². The molecule has 4 N–H and O–H groups in total. The predicted molar refractivity (Wildman–Crippen MR) is 226 cm³/mol. The van der Waals surface area contributed by atoms with E-state index < -0.39 is 125 Å². The van der Waals surface area contributed by atoms with Crippen LogP contribution in [0.25, 0.3) is 0 Å². The minimum Gasteiger partial charge on any atom is -0.459 e. The summed E-state index contributed by atoms with van der Waals surface area (Å²) in [7, 11) is 0. The Hall–Kier alpha value is -4.98. The predicted octanol–water partition coefficient (Wildman–Crippen LogP) is 4.15. The van der Waals surface area contributed by atoms with Gasteiger partial charge in [-0.25, -0.2) is 19.2 Å². The fraction of sp³-hybridized carbons (Fsp3) is 0.617. The first kappa shape index (κ1) is 49.5. The molecule has 2 aliphatic heterocycles. The van der Waals surface area contributed by atoms with Gasteiger partial charge in [-0.3, -0.25) is 9.59 Å². The van der Waals surface area contributed by atoms with Crippen LogP contribution in [0.15, 0.2) is 60.7 Å². The van der Waals surface area contributed by atoms with E-state index in [2.05, 4.69) is 5.32 Å². The zero-order chi connectivity index (χ0) is 47.5. The van der Waals surface area contributed by atoms with Gasteiger partial charge in [0.25, 0.3) is 0 Å². The Morgan fingerprint density at radius 1 is 0.954 bits per heavy atom. The maximum absolute atomic E-state index is 14.9. The molecule has 18 nitrogen and oxygen atoms in total. The molecule has 0 aromatic heterocycles. The van der Waals surface area contributed by atoms with Gasteiger partial charge in [-0.2, -0.15) is 0 Å². The van der Waals surface area contributed by atoms with Crippen molar-refractivity contribution in [3.8, 4) is 0 Å². The maximum atomic E-state index is 14.9. The van der Waals surface area contributed by atoms with E-state index in [4.69, 9.17) is 37.9 Å². The van der Waals surface area contributed by atoms with Crippen molar-refractivity contribution in [1.82, 2.24) is 5.32 Å². The average Bonchev–Trinajstić information content (AvgIpc) is 3.80. The number of carbonyl (C=O) groups excluding carboxylic acids is 6. The molecule has 65 heavy (non-hydrogen) atoms. The van der Waals surface area contributed by atoms with E-state index in [0.29, 0.717) is 0 Å². The number of hydrogen-bond acceptors (Lipinski definition) is 17. The Morgan fingerprint density at radius 3 is 2.18 bits per heavy atom. The van der Waals surface area contributed by atoms with Crippen LogP contribution in [0, 0.1) is 23.2 Å². The number of aliphatic hydroxyl groups excluding tert-OH is 1. The quantitative estimate of drug-likeness (QED) is 0.133. The van der Waals surface area contributed by atoms with Gasteiger partial charge in [0.05, 0.1) is 36.4 Å². The van der Waals surface area contributed by atoms with Crippen molar-refractivity contribution >= 4 is 35.8 Å². The lowest BCUT2D eigenvalue weighted by Crippen LogP contribution is -2.78. The number of Topliss-reactive ketones (excluding diaryl/α,β-unsaturated/α-hetero) is 2. The van der Waals surface area contributed by atoms with E-state index in [1.807, 2.05) is 0 Å². The molecule has 13 atom stereocenters. The van der Waals surface area contributed by atoms with Gasteiger partial charge in [-0.05, 0) is 58.2 Å². The highest BCUT2D eigenvalue weighted by Crippen LogP contribution is 2.57. The molecule has 356 valence electrons. The number of rotatable bonds is 12. The number of hydrogen-bond donors (Lipinski definition) is 4. The molecule has 13 unspecified atom stereocenters. The molecule has 2 heterocycles. The van der Waals surface area contributed by atoms with Crippen LogP contribution in [0.1, 0.15) is 96.1 Å². The van der Waals surface area contributed by atoms with Crippen LogP contribution in [-0.2, 0) is 52.3 Å². The smallest absolute Gasteiger partial charge is 0.459 e. The van der Waals surface area contributed by atoms with Crippen LogP contribution in [0.3, 0.4) is 0 Å². The van der Waals surface area contributed by atoms with E-state index in [9.17, 15) is 44.1 Å². The highest BCUT2D eigenvalue weighted by Gasteiger charge is 2.73. The molecule has 2 aromatic carbocycles. The third kappa shape index (κ3) is 10.4. The number of ether oxygens (including phenoxy) is 8. The van der Waals surface area contributed by atoms with Gasteiger partial charge < -0.3 is 58.5 Å². The maximum Gasteiger partial charge on any atom is 0.509 e. The van der Waals surface area contributed by atoms with Gasteiger partial charge in [0.15, 0.2) is 0 Å². The van der Waals surface area contributed by atoms with Crippen molar-refractivity contribution in [2.75, 3.05) is 26.6 Å². The fourth-order valence-electron chi connectivity index (χ4n) is 9.52. The third-order valence-corrected chi connectivity index (χ3v) is 13.3. The normalized spacial score (nSPS) is 33.4. The molecule has 0 spiro atoms. The molecular formula is C47H61NO17. The van der Waals surface area contributed by atoms with E-state index in [1.165, 1.54) is 19.1 Å². The summed E-state index contributed by atoms with van der Waals surface area (Å²) in [4.78, 5) is 85.4. The van der Waals surface area contributed by atoms with Gasteiger partial charge in [-0.1, -0.05) is 69.3 Å². The summed E-state index contributed by atoms with van der Waals surface area (Å²) < 4.78 is 45.2. The molecule has 0 bridgehead atoms. The number of fused-ring (bicyclic) bond motifs is 3. The topological polar surface area (TPSA) is 249 Å². The van der Waals surface area contributed by atoms with Crippen LogP contribution < -0.4 is 5.32 Å². The number of esters is 2. The van der Waals surface area contributed by atoms with Gasteiger partial charge in [0.1, 0.15) is 54.6 Å². The zero-order valence-corrected chi connectivity index (χ0v) is 37.8. The minimum absolute atomic E-state index is 0.0228. The molecule has 2 aromatic rings. The Labute approximate surface area is 377 Å². The number of amides is 1. The van der Waals surface area contributed by atoms with Crippen molar-refractivity contribution in [3.63, 3.8) is 0 Å². The SMILES string of the molecule is CCC1C(=O)C(=O)C2(C)C(O)CC3OCC3(O)C2C(OC(=O)c2ccccc2)C(O)(CC)CC(OC(=O)C(OC(=O)OCC2COCO2)C(NC(=O)OC(C)(C)C)c2ccccc2)C1C. The summed E-state index contributed by atoms with van der Waals surface area (Å²) in [5.74, 6) is -8.14. The lowest BCUT2D eigenvalue weighted by molar-refractivity contribution is -0.336. The number of alkyl carbamates (subject to hydrolysis) is 1. The lowest BCUT2D eigenvalue weighted by Gasteiger charge is -2.63. The number of ketones is 2. The highest BCUT2D eigenvalue weighted by molar-refractivity contribution is 6.40. The van der Waals surface area contributed by atoms with Crippen molar-refractivity contribution in [2.45, 2.75) is 134 Å². The molecule has 2 aliphatic carbocycles. The molecule has 1 amide bonds. The number of aliphatic hydroxyl groups is 3. The average molecular weight is 912 g/mol. The molecule has 18 heteroatoms. The molecule has 2 saturated heterocycles. The Kier molecular flexibility index (Phi) is 15.1. The third-order valence-electron chi connectivity index (χ3n) is 13.3. The summed E-state index contributed by atoms with van der Waals surface area (Å²) >= 11 is 0. The van der Waals surface area contributed by atoms with E-state index in [-0.39, 0.29) is 57.0 Å². The molecule has 4 fully saturated rings. The first-order valence-electron chi connectivity index (χ1n) is 22.0. The number of nitrogens with one attached hydrogen (secondary N) is 1. The summed E-state index contributed by atoms with van der Waals surface area (Å²) in [6.45, 7) is 10.4. The van der Waals surface area contributed by atoms with Crippen LogP contribution in [0.2, 0.25) is 0 Å². The van der Waals surface area contributed by atoms with E-state index in [0.717, 1.165) is 0 Å². The Balaban J connectivity index is 1.45. The summed E-state index contributed by atoms with van der Waals surface area (Å²) in [6.07, 6.45) is -12.0. The van der Waals surface area contributed by atoms with Crippen LogP contribution in [0.5, 0.6) is 0 Å². The molecule has 6 rings (SSSR count). The Bertz CT molecular complexity index is 2040. The monoisotopic (exact) mass is 911 g/mol. The standard InChI is InChI=1S/C47H61NO17/c1-8-30-26(3)31(62-41(53)36(63-43(55)59-23-29-22-58-25-61-29)34(27-16-12-10-13-17-27)48-42(54)65-44(4,5)6)21-46(56,9-2)39(64-40(52)28-18-14-11-15-19-28)37-45(7,38(51)35(30)50)32(49)20-33-47(37,57)24-60-33/h10-19,26,29-34,36-37,39,49,56-57H,8-9,20-25H2,1-7H3,(H,48,54). The summed E-state index contributed by atoms with van der Waals surface area (Å²) in [5, 5.41) is 40.0. The molecule has 0 radical (unpaired) electrons. The van der Waals surface area contributed by atoms with E-state index in [1.54, 1.807) is 90.1 Å². The zero-order valence-electron chi connectivity index (χ0n) is 37.8. The van der Waals surface area contributed by atoms with Crippen LogP contribution in [0.4, 0.5) is 9.59 Å². The first-order chi connectivity index (χ1) is 30.7. The fourth-order valence-corrected chi connectivity index (χ4v) is 9.52. The van der Waals surface area contributed by atoms with Gasteiger partial charge in [0.2, 0.25) is 17.7 Å². The summed E-state index contributed by atoms with van der Waals surface area (Å²) in [6, 6.07) is 14.3. The van der Waals surface area contributed by atoms with Crippen molar-refractivity contribution < 1.29 is 82.0 Å². The van der Waals surface area contributed by atoms with Crippen molar-refractivity contribution in [2.24, 2.45) is 23.2 Å². The second kappa shape index (κ2) is 19.9. The number of carbonyl (C=O) groups is 6. The van der Waals surface area contributed by atoms with Crippen LogP contribution in [-0.4, -0.2) is 131 Å². The van der Waals surface area contributed by atoms with Crippen molar-refractivity contribution in [3.05, 3.63) is 71.8 Å². The van der Waals surface area contributed by atoms with E-state index >= 15 is 0 Å². The van der Waals surface area contributed by atoms with Gasteiger partial charge in [0, 0.05) is 30.6 Å². The summed E-state index contributed by atoms with van der Waals surface area (Å²) in [5.41, 5.74) is -7.04. The second-order valence-electron chi connectivity index (χ2n) is 18.6. The minimum atomic E-state index is -2.27.